The zero-order valence-electron chi connectivity index (χ0n) is 15.4. The van der Waals surface area contributed by atoms with Crippen molar-refractivity contribution in [2.75, 3.05) is 0 Å². The van der Waals surface area contributed by atoms with Crippen LogP contribution in [0.5, 0.6) is 0 Å². The second-order valence-electron chi connectivity index (χ2n) is 7.43. The van der Waals surface area contributed by atoms with Crippen molar-refractivity contribution in [3.63, 3.8) is 0 Å². The molecule has 0 spiro atoms. The predicted molar refractivity (Wildman–Crippen MR) is 99.3 cm³/mol. The van der Waals surface area contributed by atoms with E-state index in [9.17, 15) is 9.59 Å². The molecule has 3 N–H and O–H groups in total. The van der Waals surface area contributed by atoms with Gasteiger partial charge in [0, 0.05) is 6.04 Å². The van der Waals surface area contributed by atoms with E-state index in [1.165, 1.54) is 0 Å². The molecule has 1 aromatic rings. The van der Waals surface area contributed by atoms with Gasteiger partial charge in [-0.3, -0.25) is 4.79 Å². The summed E-state index contributed by atoms with van der Waals surface area (Å²) < 4.78 is 5.36. The standard InChI is InChI=1S/C20H29N3O3/c1-14(21)19(24)23(16-11-12-16)18-10-6-5-9-17(18)22-20(25)26-13-15-7-3-2-4-8-15/h2-4,7-8,14,16-18H,5-6,9-13,21H2,1H3,(H,22,25)/t14-,17?,18?/m0/s1. The third kappa shape index (κ3) is 4.75. The van der Waals surface area contributed by atoms with E-state index in [1.54, 1.807) is 6.92 Å². The smallest absolute Gasteiger partial charge is 0.407 e. The zero-order chi connectivity index (χ0) is 18.5. The molecule has 2 fully saturated rings. The van der Waals surface area contributed by atoms with Crippen LogP contribution in [0.4, 0.5) is 4.79 Å². The Bertz CT molecular complexity index is 616. The Morgan fingerprint density at radius 2 is 1.88 bits per heavy atom. The summed E-state index contributed by atoms with van der Waals surface area (Å²) in [4.78, 5) is 26.9. The minimum Gasteiger partial charge on any atom is -0.445 e. The summed E-state index contributed by atoms with van der Waals surface area (Å²) in [6.07, 6.45) is 5.51. The number of hydrogen-bond acceptors (Lipinski definition) is 4. The van der Waals surface area contributed by atoms with Crippen LogP contribution in [0.15, 0.2) is 30.3 Å². The highest BCUT2D eigenvalue weighted by Gasteiger charge is 2.42. The van der Waals surface area contributed by atoms with Gasteiger partial charge in [-0.25, -0.2) is 4.79 Å². The molecule has 3 rings (SSSR count). The number of carbonyl (C=O) groups excluding carboxylic acids is 2. The highest BCUT2D eigenvalue weighted by Crippen LogP contribution is 2.34. The van der Waals surface area contributed by atoms with Crippen molar-refractivity contribution in [3.8, 4) is 0 Å². The Morgan fingerprint density at radius 1 is 1.19 bits per heavy atom. The van der Waals surface area contributed by atoms with Gasteiger partial charge in [-0.15, -0.1) is 0 Å². The molecule has 0 aliphatic heterocycles. The van der Waals surface area contributed by atoms with E-state index < -0.39 is 12.1 Å². The fourth-order valence-corrected chi connectivity index (χ4v) is 3.73. The van der Waals surface area contributed by atoms with Gasteiger partial charge in [0.25, 0.3) is 0 Å². The summed E-state index contributed by atoms with van der Waals surface area (Å²) in [5.74, 6) is -0.0103. The molecule has 2 aliphatic rings. The van der Waals surface area contributed by atoms with Crippen LogP contribution in [0.2, 0.25) is 0 Å². The Hall–Kier alpha value is -2.08. The van der Waals surface area contributed by atoms with Gasteiger partial charge in [-0.2, -0.15) is 0 Å². The van der Waals surface area contributed by atoms with Gasteiger partial charge >= 0.3 is 6.09 Å². The number of ether oxygens (including phenoxy) is 1. The molecule has 2 amide bonds. The summed E-state index contributed by atoms with van der Waals surface area (Å²) in [6, 6.07) is 9.32. The van der Waals surface area contributed by atoms with E-state index in [2.05, 4.69) is 5.32 Å². The van der Waals surface area contributed by atoms with Crippen LogP contribution < -0.4 is 11.1 Å². The number of nitrogens with one attached hydrogen (secondary N) is 1. The number of carbonyl (C=O) groups is 2. The second kappa shape index (κ2) is 8.54. The lowest BCUT2D eigenvalue weighted by Crippen LogP contribution is -2.58. The van der Waals surface area contributed by atoms with Crippen molar-refractivity contribution < 1.29 is 14.3 Å². The molecule has 0 bridgehead atoms. The fourth-order valence-electron chi connectivity index (χ4n) is 3.73. The molecular formula is C20H29N3O3. The van der Waals surface area contributed by atoms with Crippen molar-refractivity contribution in [2.24, 2.45) is 5.73 Å². The minimum absolute atomic E-state index is 0.0103. The maximum absolute atomic E-state index is 12.6. The van der Waals surface area contributed by atoms with Crippen LogP contribution in [0.1, 0.15) is 51.0 Å². The molecule has 1 aromatic carbocycles. The number of amides is 2. The third-order valence-electron chi connectivity index (χ3n) is 5.19. The average Bonchev–Trinajstić information content (AvgIpc) is 3.47. The van der Waals surface area contributed by atoms with Crippen molar-refractivity contribution in [1.29, 1.82) is 0 Å². The van der Waals surface area contributed by atoms with Crippen LogP contribution in [0, 0.1) is 0 Å². The van der Waals surface area contributed by atoms with Gasteiger partial charge in [0.1, 0.15) is 6.61 Å². The van der Waals surface area contributed by atoms with Crippen LogP contribution in [0.25, 0.3) is 0 Å². The molecule has 0 saturated heterocycles. The molecule has 26 heavy (non-hydrogen) atoms. The SMILES string of the molecule is C[C@H](N)C(=O)N(C1CC1)C1CCCCC1NC(=O)OCc1ccccc1. The van der Waals surface area contributed by atoms with E-state index in [0.29, 0.717) is 0 Å². The van der Waals surface area contributed by atoms with Crippen molar-refractivity contribution in [3.05, 3.63) is 35.9 Å². The van der Waals surface area contributed by atoms with Gasteiger partial charge in [0.05, 0.1) is 18.1 Å². The number of rotatable bonds is 6. The average molecular weight is 359 g/mol. The van der Waals surface area contributed by atoms with Gasteiger partial charge < -0.3 is 20.7 Å². The molecule has 2 aliphatic carbocycles. The fraction of sp³-hybridized carbons (Fsp3) is 0.600. The van der Waals surface area contributed by atoms with Gasteiger partial charge in [0.15, 0.2) is 0 Å². The van der Waals surface area contributed by atoms with Crippen LogP contribution in [-0.4, -0.2) is 41.1 Å². The van der Waals surface area contributed by atoms with Gasteiger partial charge in [-0.1, -0.05) is 43.2 Å². The first-order chi connectivity index (χ1) is 12.6. The topological polar surface area (TPSA) is 84.7 Å². The lowest BCUT2D eigenvalue weighted by Gasteiger charge is -2.41. The normalized spacial score (nSPS) is 23.8. The number of nitrogens with zero attached hydrogens (tertiary/aromatic N) is 1. The summed E-state index contributed by atoms with van der Waals surface area (Å²) in [5, 5.41) is 3.00. The minimum atomic E-state index is -0.511. The summed E-state index contributed by atoms with van der Waals surface area (Å²) in [6.45, 7) is 1.98. The van der Waals surface area contributed by atoms with E-state index in [0.717, 1.165) is 44.1 Å². The summed E-state index contributed by atoms with van der Waals surface area (Å²) in [5.41, 5.74) is 6.82. The molecule has 6 nitrogen and oxygen atoms in total. The summed E-state index contributed by atoms with van der Waals surface area (Å²) >= 11 is 0. The molecule has 0 heterocycles. The van der Waals surface area contributed by atoms with E-state index in [-0.39, 0.29) is 30.6 Å². The zero-order valence-corrected chi connectivity index (χ0v) is 15.4. The van der Waals surface area contributed by atoms with Gasteiger partial charge in [0.2, 0.25) is 5.91 Å². The number of alkyl carbamates (subject to hydrolysis) is 1. The second-order valence-corrected chi connectivity index (χ2v) is 7.43. The molecule has 0 radical (unpaired) electrons. The molecule has 0 aromatic heterocycles. The maximum Gasteiger partial charge on any atom is 0.407 e. The van der Waals surface area contributed by atoms with Crippen molar-refractivity contribution in [1.82, 2.24) is 10.2 Å². The van der Waals surface area contributed by atoms with Crippen LogP contribution in [-0.2, 0) is 16.1 Å². The quantitative estimate of drug-likeness (QED) is 0.817. The van der Waals surface area contributed by atoms with Crippen LogP contribution >= 0.6 is 0 Å². The number of nitrogens with two attached hydrogens (primary N) is 1. The Kier molecular flexibility index (Phi) is 6.14. The Balaban J connectivity index is 1.60. The van der Waals surface area contributed by atoms with Crippen molar-refractivity contribution >= 4 is 12.0 Å². The molecule has 3 atom stereocenters. The highest BCUT2D eigenvalue weighted by molar-refractivity contribution is 5.82. The molecular weight excluding hydrogens is 330 g/mol. The van der Waals surface area contributed by atoms with Crippen molar-refractivity contribution in [2.45, 2.75) is 76.2 Å². The first-order valence-corrected chi connectivity index (χ1v) is 9.61. The molecule has 2 saturated carbocycles. The lowest BCUT2D eigenvalue weighted by molar-refractivity contribution is -0.136. The first-order valence-electron chi connectivity index (χ1n) is 9.61. The molecule has 6 heteroatoms. The van der Waals surface area contributed by atoms with Gasteiger partial charge in [-0.05, 0) is 38.2 Å². The monoisotopic (exact) mass is 359 g/mol. The Labute approximate surface area is 155 Å². The molecule has 2 unspecified atom stereocenters. The van der Waals surface area contributed by atoms with E-state index in [4.69, 9.17) is 10.5 Å². The number of benzene rings is 1. The summed E-state index contributed by atoms with van der Waals surface area (Å²) in [7, 11) is 0. The molecule has 142 valence electrons. The first kappa shape index (κ1) is 18.7. The predicted octanol–water partition coefficient (Wildman–Crippen LogP) is 2.56. The maximum atomic E-state index is 12.6. The van der Waals surface area contributed by atoms with E-state index >= 15 is 0 Å². The third-order valence-corrected chi connectivity index (χ3v) is 5.19. The van der Waals surface area contributed by atoms with E-state index in [1.807, 2.05) is 35.2 Å². The highest BCUT2D eigenvalue weighted by atomic mass is 16.5. The number of hydrogen-bond donors (Lipinski definition) is 2. The largest absolute Gasteiger partial charge is 0.445 e. The van der Waals surface area contributed by atoms with Crippen LogP contribution in [0.3, 0.4) is 0 Å². The lowest BCUT2D eigenvalue weighted by atomic mass is 9.88. The Morgan fingerprint density at radius 3 is 2.54 bits per heavy atom.